The minimum atomic E-state index is -1.24. The number of carboxylic acid groups (broad SMARTS) is 1. The maximum Gasteiger partial charge on any atom is 0.183 e. The summed E-state index contributed by atoms with van der Waals surface area (Å²) in [6.45, 7) is 1.67. The maximum atomic E-state index is 11.2. The van der Waals surface area contributed by atoms with E-state index in [4.69, 9.17) is 4.74 Å². The molecule has 1 atom stereocenters. The van der Waals surface area contributed by atoms with E-state index in [9.17, 15) is 14.7 Å². The first-order chi connectivity index (χ1) is 7.50. The van der Waals surface area contributed by atoms with Crippen molar-refractivity contribution in [3.63, 3.8) is 0 Å². The van der Waals surface area contributed by atoms with Gasteiger partial charge in [-0.05, 0) is 36.8 Å². The first kappa shape index (κ1) is 12.7. The monoisotopic (exact) mass is 285 g/mol. The van der Waals surface area contributed by atoms with E-state index in [0.29, 0.717) is 5.75 Å². The van der Waals surface area contributed by atoms with Crippen molar-refractivity contribution in [3.05, 3.63) is 29.8 Å². The highest BCUT2D eigenvalue weighted by Crippen LogP contribution is 2.12. The lowest BCUT2D eigenvalue weighted by Crippen LogP contribution is -2.22. The fraction of sp³-hybridized carbons (Fsp3) is 0.273. The summed E-state index contributed by atoms with van der Waals surface area (Å²) in [7, 11) is 0. The van der Waals surface area contributed by atoms with Crippen LogP contribution < -0.4 is 9.84 Å². The number of carbonyl (C=O) groups excluding carboxylic acids is 2. The van der Waals surface area contributed by atoms with Gasteiger partial charge in [0.15, 0.2) is 5.78 Å². The van der Waals surface area contributed by atoms with Crippen LogP contribution in [0.2, 0.25) is 0 Å². The van der Waals surface area contributed by atoms with Crippen molar-refractivity contribution >= 4 is 27.7 Å². The molecule has 0 aliphatic rings. The van der Waals surface area contributed by atoms with Gasteiger partial charge in [0.05, 0.1) is 10.8 Å². The predicted octanol–water partition coefficient (Wildman–Crippen LogP) is 0.781. The Kier molecular flexibility index (Phi) is 4.49. The summed E-state index contributed by atoms with van der Waals surface area (Å²) < 4.78 is 5.17. The van der Waals surface area contributed by atoms with Gasteiger partial charge in [0.1, 0.15) is 12.4 Å². The molecule has 5 heteroatoms. The van der Waals surface area contributed by atoms with Crippen LogP contribution >= 0.6 is 15.9 Å². The zero-order chi connectivity index (χ0) is 12.1. The Morgan fingerprint density at radius 1 is 1.38 bits per heavy atom. The molecular weight excluding hydrogens is 276 g/mol. The second-order valence-electron chi connectivity index (χ2n) is 3.18. The number of carbonyl (C=O) groups is 2. The van der Waals surface area contributed by atoms with Crippen LogP contribution in [0.1, 0.15) is 17.3 Å². The molecule has 0 aliphatic heterocycles. The highest BCUT2D eigenvalue weighted by Gasteiger charge is 2.09. The normalized spacial score (nSPS) is 11.9. The Morgan fingerprint density at radius 3 is 2.38 bits per heavy atom. The van der Waals surface area contributed by atoms with E-state index in [0.717, 1.165) is 0 Å². The van der Waals surface area contributed by atoms with Crippen molar-refractivity contribution in [2.45, 2.75) is 11.8 Å². The Balaban J connectivity index is 2.56. The number of carboxylic acids is 1. The number of hydrogen-bond donors (Lipinski definition) is 0. The summed E-state index contributed by atoms with van der Waals surface area (Å²) in [5, 5.41) is 10.5. The van der Waals surface area contributed by atoms with Gasteiger partial charge in [-0.3, -0.25) is 4.79 Å². The van der Waals surface area contributed by atoms with Gasteiger partial charge in [0, 0.05) is 0 Å². The quantitative estimate of drug-likeness (QED) is 0.750. The zero-order valence-corrected chi connectivity index (χ0v) is 10.2. The third-order valence-electron chi connectivity index (χ3n) is 1.91. The average Bonchev–Trinajstić information content (AvgIpc) is 2.26. The number of benzene rings is 1. The SMILES string of the molecule is CC(Br)C(=O)COc1ccc(C(=O)[O-])cc1. The van der Waals surface area contributed by atoms with Gasteiger partial charge in [-0.2, -0.15) is 0 Å². The lowest BCUT2D eigenvalue weighted by molar-refractivity contribution is -0.255. The lowest BCUT2D eigenvalue weighted by Gasteiger charge is -2.07. The molecule has 0 aliphatic carbocycles. The van der Waals surface area contributed by atoms with Crippen molar-refractivity contribution in [1.82, 2.24) is 0 Å². The molecule has 16 heavy (non-hydrogen) atoms. The lowest BCUT2D eigenvalue weighted by atomic mass is 10.2. The van der Waals surface area contributed by atoms with Crippen molar-refractivity contribution < 1.29 is 19.4 Å². The van der Waals surface area contributed by atoms with Crippen LogP contribution in [0.4, 0.5) is 0 Å². The summed E-state index contributed by atoms with van der Waals surface area (Å²) in [5.41, 5.74) is 0.0764. The molecule has 0 spiro atoms. The van der Waals surface area contributed by atoms with Gasteiger partial charge in [-0.25, -0.2) is 0 Å². The molecule has 0 aromatic heterocycles. The van der Waals surface area contributed by atoms with Gasteiger partial charge in [-0.15, -0.1) is 0 Å². The smallest absolute Gasteiger partial charge is 0.183 e. The Morgan fingerprint density at radius 2 is 1.94 bits per heavy atom. The molecule has 0 bridgehead atoms. The van der Waals surface area contributed by atoms with Gasteiger partial charge < -0.3 is 14.6 Å². The Labute approximate surface area is 101 Å². The van der Waals surface area contributed by atoms with Crippen LogP contribution in [-0.2, 0) is 4.79 Å². The second-order valence-corrected chi connectivity index (χ2v) is 4.56. The number of Topliss-reactive ketones (excluding diaryl/α,β-unsaturated/α-hetero) is 1. The minimum Gasteiger partial charge on any atom is -0.545 e. The molecular formula is C11H10BrO4-. The van der Waals surface area contributed by atoms with Gasteiger partial charge in [0.2, 0.25) is 0 Å². The number of hydrogen-bond acceptors (Lipinski definition) is 4. The fourth-order valence-electron chi connectivity index (χ4n) is 0.957. The summed E-state index contributed by atoms with van der Waals surface area (Å²) in [5.74, 6) is -0.868. The molecule has 0 fully saturated rings. The number of ketones is 1. The van der Waals surface area contributed by atoms with Crippen molar-refractivity contribution in [2.24, 2.45) is 0 Å². The third-order valence-corrected chi connectivity index (χ3v) is 2.43. The highest BCUT2D eigenvalue weighted by atomic mass is 79.9. The third kappa shape index (κ3) is 3.66. The Hall–Kier alpha value is -1.36. The molecule has 86 valence electrons. The van der Waals surface area contributed by atoms with E-state index < -0.39 is 5.97 Å². The average molecular weight is 286 g/mol. The van der Waals surface area contributed by atoms with Crippen LogP contribution in [0.5, 0.6) is 5.75 Å². The molecule has 0 heterocycles. The fourth-order valence-corrected chi connectivity index (χ4v) is 1.09. The highest BCUT2D eigenvalue weighted by molar-refractivity contribution is 9.10. The summed E-state index contributed by atoms with van der Waals surface area (Å²) in [4.78, 5) is 21.4. The second kappa shape index (κ2) is 5.65. The first-order valence-electron chi connectivity index (χ1n) is 4.61. The maximum absolute atomic E-state index is 11.2. The molecule has 1 aromatic carbocycles. The topological polar surface area (TPSA) is 66.4 Å². The molecule has 0 N–H and O–H groups in total. The number of ether oxygens (including phenoxy) is 1. The van der Waals surface area contributed by atoms with Crippen LogP contribution in [-0.4, -0.2) is 23.2 Å². The van der Waals surface area contributed by atoms with E-state index in [1.54, 1.807) is 6.92 Å². The molecule has 0 amide bonds. The van der Waals surface area contributed by atoms with Crippen molar-refractivity contribution in [2.75, 3.05) is 6.61 Å². The summed E-state index contributed by atoms with van der Waals surface area (Å²) in [6.07, 6.45) is 0. The van der Waals surface area contributed by atoms with E-state index in [1.165, 1.54) is 24.3 Å². The van der Waals surface area contributed by atoms with Gasteiger partial charge in [0.25, 0.3) is 0 Å². The number of alkyl halides is 1. The van der Waals surface area contributed by atoms with Gasteiger partial charge in [-0.1, -0.05) is 15.9 Å². The number of aromatic carboxylic acids is 1. The molecule has 4 nitrogen and oxygen atoms in total. The van der Waals surface area contributed by atoms with E-state index in [2.05, 4.69) is 15.9 Å². The summed E-state index contributed by atoms with van der Waals surface area (Å²) in [6, 6.07) is 5.70. The molecule has 1 rings (SSSR count). The first-order valence-corrected chi connectivity index (χ1v) is 5.53. The van der Waals surface area contributed by atoms with Crippen LogP contribution in [0.3, 0.4) is 0 Å². The molecule has 0 saturated heterocycles. The van der Waals surface area contributed by atoms with E-state index >= 15 is 0 Å². The van der Waals surface area contributed by atoms with Gasteiger partial charge >= 0.3 is 0 Å². The molecule has 0 saturated carbocycles. The Bertz CT molecular complexity index is 383. The molecule has 1 unspecified atom stereocenters. The minimum absolute atomic E-state index is 0.0446. The van der Waals surface area contributed by atoms with Crippen LogP contribution in [0, 0.1) is 0 Å². The number of rotatable bonds is 5. The molecule has 1 aromatic rings. The largest absolute Gasteiger partial charge is 0.545 e. The van der Waals surface area contributed by atoms with Crippen molar-refractivity contribution in [1.29, 1.82) is 0 Å². The van der Waals surface area contributed by atoms with E-state index in [-0.39, 0.29) is 22.8 Å². The van der Waals surface area contributed by atoms with Crippen molar-refractivity contribution in [3.8, 4) is 5.75 Å². The van der Waals surface area contributed by atoms with E-state index in [1.807, 2.05) is 0 Å². The predicted molar refractivity (Wildman–Crippen MR) is 59.7 cm³/mol. The standard InChI is InChI=1S/C11H11BrO4/c1-7(12)10(13)6-16-9-4-2-8(3-5-9)11(14)15/h2-5,7H,6H2,1H3,(H,14,15)/p-1. The van der Waals surface area contributed by atoms with Crippen LogP contribution in [0.15, 0.2) is 24.3 Å². The van der Waals surface area contributed by atoms with Crippen LogP contribution in [0.25, 0.3) is 0 Å². The number of halogens is 1. The molecule has 0 radical (unpaired) electrons. The zero-order valence-electron chi connectivity index (χ0n) is 8.60. The summed E-state index contributed by atoms with van der Waals surface area (Å²) >= 11 is 3.13.